The van der Waals surface area contributed by atoms with Crippen LogP contribution in [-0.4, -0.2) is 27.1 Å². The normalized spacial score (nSPS) is 12.3. The number of pyridine rings is 1. The van der Waals surface area contributed by atoms with Crippen molar-refractivity contribution in [2.24, 2.45) is 14.1 Å². The number of benzene rings is 2. The highest BCUT2D eigenvalue weighted by Crippen LogP contribution is 2.40. The lowest BCUT2D eigenvalue weighted by molar-refractivity contribution is 0.102. The quantitative estimate of drug-likeness (QED) is 0.409. The maximum atomic E-state index is 13.0. The molecule has 5 rings (SSSR count). The molecule has 8 nitrogen and oxygen atoms in total. The van der Waals surface area contributed by atoms with Crippen LogP contribution in [0.3, 0.4) is 0 Å². The Kier molecular flexibility index (Phi) is 6.67. The van der Waals surface area contributed by atoms with Gasteiger partial charge in [0.15, 0.2) is 0 Å². The summed E-state index contributed by atoms with van der Waals surface area (Å²) < 4.78 is 7.68. The minimum Gasteiger partial charge on any atom is -0.481 e. The summed E-state index contributed by atoms with van der Waals surface area (Å²) in [4.78, 5) is 42.3. The fourth-order valence-corrected chi connectivity index (χ4v) is 5.33. The number of aryl methyl sites for hydroxylation is 2. The highest BCUT2D eigenvalue weighted by atomic mass is 35.5. The van der Waals surface area contributed by atoms with Crippen molar-refractivity contribution in [1.82, 2.24) is 14.1 Å². The van der Waals surface area contributed by atoms with Gasteiger partial charge in [-0.25, -0.2) is 9.78 Å². The molecule has 1 aliphatic carbocycles. The molecule has 0 spiro atoms. The van der Waals surface area contributed by atoms with E-state index in [0.717, 1.165) is 57.3 Å². The van der Waals surface area contributed by atoms with Crippen LogP contribution in [-0.2, 0) is 26.9 Å². The van der Waals surface area contributed by atoms with Crippen molar-refractivity contribution in [1.29, 1.82) is 0 Å². The number of nitrogens with zero attached hydrogens (tertiary/aromatic N) is 3. The molecule has 1 aliphatic rings. The third-order valence-corrected chi connectivity index (χ3v) is 7.49. The molecule has 0 saturated carbocycles. The van der Waals surface area contributed by atoms with Crippen molar-refractivity contribution in [3.63, 3.8) is 0 Å². The second kappa shape index (κ2) is 9.95. The van der Waals surface area contributed by atoms with Crippen LogP contribution in [0, 0.1) is 6.92 Å². The van der Waals surface area contributed by atoms with Crippen LogP contribution >= 0.6 is 11.6 Å². The molecule has 9 heteroatoms. The first-order valence-electron chi connectivity index (χ1n) is 12.2. The number of anilines is 1. The molecule has 4 aromatic rings. The molecule has 194 valence electrons. The molecule has 38 heavy (non-hydrogen) atoms. The van der Waals surface area contributed by atoms with Crippen LogP contribution in [0.4, 0.5) is 5.69 Å². The van der Waals surface area contributed by atoms with Crippen LogP contribution in [0.5, 0.6) is 5.88 Å². The lowest BCUT2D eigenvalue weighted by Gasteiger charge is -2.16. The zero-order valence-corrected chi connectivity index (χ0v) is 22.3. The van der Waals surface area contributed by atoms with Gasteiger partial charge in [-0.15, -0.1) is 0 Å². The van der Waals surface area contributed by atoms with E-state index >= 15 is 0 Å². The number of amides is 1. The van der Waals surface area contributed by atoms with Crippen molar-refractivity contribution < 1.29 is 9.53 Å². The molecule has 2 aromatic carbocycles. The van der Waals surface area contributed by atoms with E-state index in [0.29, 0.717) is 16.6 Å². The third-order valence-electron chi connectivity index (χ3n) is 7.08. The molecule has 0 saturated heterocycles. The Morgan fingerprint density at radius 3 is 2.53 bits per heavy atom. The largest absolute Gasteiger partial charge is 0.481 e. The van der Waals surface area contributed by atoms with E-state index in [1.165, 1.54) is 30.4 Å². The van der Waals surface area contributed by atoms with E-state index in [-0.39, 0.29) is 5.56 Å². The van der Waals surface area contributed by atoms with E-state index < -0.39 is 17.2 Å². The molecule has 0 bridgehead atoms. The number of carbonyl (C=O) groups excluding carboxylic acids is 1. The van der Waals surface area contributed by atoms with Crippen molar-refractivity contribution in [3.05, 3.63) is 96.8 Å². The summed E-state index contributed by atoms with van der Waals surface area (Å²) in [6.45, 7) is 1.88. The minimum absolute atomic E-state index is 0.129. The zero-order chi connectivity index (χ0) is 27.1. The maximum Gasteiger partial charge on any atom is 0.330 e. The predicted octanol–water partition coefficient (Wildman–Crippen LogP) is 4.52. The molecule has 0 fully saturated rings. The number of fused-ring (bicyclic) bond motifs is 1. The van der Waals surface area contributed by atoms with E-state index in [4.69, 9.17) is 21.3 Å². The summed E-state index contributed by atoms with van der Waals surface area (Å²) in [5, 5.41) is 3.36. The van der Waals surface area contributed by atoms with Gasteiger partial charge in [-0.1, -0.05) is 41.9 Å². The number of ether oxygens (including phenoxy) is 1. The van der Waals surface area contributed by atoms with Gasteiger partial charge in [0.1, 0.15) is 5.56 Å². The number of aromatic nitrogens is 3. The molecule has 2 aromatic heterocycles. The SMILES string of the molecule is COc1nc(-c2cccc(-c3cccc(NC(=O)c4cn(C)c(=O)n(C)c4=O)c3C)c2Cl)cc2c1CCC2. The van der Waals surface area contributed by atoms with Crippen LogP contribution in [0.2, 0.25) is 5.02 Å². The molecule has 1 amide bonds. The number of nitrogens with one attached hydrogen (secondary N) is 1. The van der Waals surface area contributed by atoms with Gasteiger partial charge >= 0.3 is 5.69 Å². The van der Waals surface area contributed by atoms with Gasteiger partial charge in [0.05, 0.1) is 17.8 Å². The Labute approximate surface area is 224 Å². The van der Waals surface area contributed by atoms with E-state index in [1.54, 1.807) is 13.2 Å². The van der Waals surface area contributed by atoms with Crippen LogP contribution in [0.25, 0.3) is 22.4 Å². The standard InChI is InChI=1S/C29H27ClN4O4/c1-16-18(9-7-13-23(16)31-26(35)22-15-33(2)29(37)34(3)28(22)36)20-11-6-12-21(25(20)30)24-14-17-8-5-10-19(17)27(32-24)38-4/h6-7,9,11-15H,5,8,10H2,1-4H3,(H,31,35). The van der Waals surface area contributed by atoms with E-state index in [1.807, 2.05) is 37.3 Å². The smallest absolute Gasteiger partial charge is 0.330 e. The topological polar surface area (TPSA) is 95.2 Å². The van der Waals surface area contributed by atoms with Gasteiger partial charge in [-0.3, -0.25) is 14.2 Å². The molecule has 0 radical (unpaired) electrons. The van der Waals surface area contributed by atoms with Gasteiger partial charge in [0.25, 0.3) is 11.5 Å². The van der Waals surface area contributed by atoms with Crippen molar-refractivity contribution >= 4 is 23.2 Å². The number of halogens is 1. The summed E-state index contributed by atoms with van der Waals surface area (Å²) in [7, 11) is 4.47. The van der Waals surface area contributed by atoms with Crippen LogP contribution < -0.4 is 21.3 Å². The number of hydrogen-bond acceptors (Lipinski definition) is 5. The summed E-state index contributed by atoms with van der Waals surface area (Å²) >= 11 is 6.98. The van der Waals surface area contributed by atoms with Gasteiger partial charge in [-0.05, 0) is 55.0 Å². The molecule has 1 N–H and O–H groups in total. The van der Waals surface area contributed by atoms with Crippen molar-refractivity contribution in [2.45, 2.75) is 26.2 Å². The van der Waals surface area contributed by atoms with Gasteiger partial charge in [0, 0.05) is 42.7 Å². The number of hydrogen-bond donors (Lipinski definition) is 1. The van der Waals surface area contributed by atoms with E-state index in [2.05, 4.69) is 11.4 Å². The van der Waals surface area contributed by atoms with Crippen LogP contribution in [0.15, 0.2) is 58.3 Å². The zero-order valence-electron chi connectivity index (χ0n) is 21.6. The fourth-order valence-electron chi connectivity index (χ4n) is 5.01. The minimum atomic E-state index is -0.660. The highest BCUT2D eigenvalue weighted by molar-refractivity contribution is 6.36. The first-order chi connectivity index (χ1) is 18.2. The number of carbonyl (C=O) groups is 1. The highest BCUT2D eigenvalue weighted by Gasteiger charge is 2.22. The molecular formula is C29H27ClN4O4. The van der Waals surface area contributed by atoms with Crippen molar-refractivity contribution in [2.75, 3.05) is 12.4 Å². The van der Waals surface area contributed by atoms with Crippen LogP contribution in [0.1, 0.15) is 33.5 Å². The molecule has 0 aliphatic heterocycles. The first kappa shape index (κ1) is 25.5. The summed E-state index contributed by atoms with van der Waals surface area (Å²) in [5.41, 5.74) is 5.58. The fraction of sp³-hybridized carbons (Fsp3) is 0.241. The molecule has 0 atom stereocenters. The lowest BCUT2D eigenvalue weighted by atomic mass is 9.96. The summed E-state index contributed by atoms with van der Waals surface area (Å²) in [6.07, 6.45) is 4.27. The average molecular weight is 531 g/mol. The van der Waals surface area contributed by atoms with Gasteiger partial charge in [-0.2, -0.15) is 0 Å². The Balaban J connectivity index is 1.53. The monoisotopic (exact) mass is 530 g/mol. The number of methoxy groups -OCH3 is 1. The Bertz CT molecular complexity index is 1720. The van der Waals surface area contributed by atoms with Crippen molar-refractivity contribution in [3.8, 4) is 28.3 Å². The molecular weight excluding hydrogens is 504 g/mol. The second-order valence-corrected chi connectivity index (χ2v) is 9.79. The Hall–Kier alpha value is -4.17. The molecule has 2 heterocycles. The predicted molar refractivity (Wildman–Crippen MR) is 148 cm³/mol. The van der Waals surface area contributed by atoms with Gasteiger partial charge < -0.3 is 14.6 Å². The number of rotatable bonds is 5. The second-order valence-electron chi connectivity index (χ2n) is 9.41. The Morgan fingerprint density at radius 1 is 1.05 bits per heavy atom. The average Bonchev–Trinajstić information content (AvgIpc) is 3.39. The lowest BCUT2D eigenvalue weighted by Crippen LogP contribution is -2.40. The summed E-state index contributed by atoms with van der Waals surface area (Å²) in [5.74, 6) is 0.0395. The molecule has 0 unspecified atom stereocenters. The van der Waals surface area contributed by atoms with E-state index in [9.17, 15) is 14.4 Å². The first-order valence-corrected chi connectivity index (χ1v) is 12.6. The summed E-state index contributed by atoms with van der Waals surface area (Å²) in [6, 6.07) is 13.4. The Morgan fingerprint density at radius 2 is 1.76 bits per heavy atom. The third kappa shape index (κ3) is 4.31. The van der Waals surface area contributed by atoms with Gasteiger partial charge in [0.2, 0.25) is 5.88 Å². The maximum absolute atomic E-state index is 13.0.